The molecule has 0 atom stereocenters. The number of sulfonamides is 1. The predicted molar refractivity (Wildman–Crippen MR) is 118 cm³/mol. The van der Waals surface area contributed by atoms with Gasteiger partial charge in [-0.3, -0.25) is 9.59 Å². The molecule has 2 heterocycles. The molecule has 2 aromatic rings. The first-order chi connectivity index (χ1) is 15.2. The Kier molecular flexibility index (Phi) is 7.01. The van der Waals surface area contributed by atoms with Crippen LogP contribution in [0.15, 0.2) is 34.0 Å². The molecule has 1 aromatic heterocycles. The zero-order valence-electron chi connectivity index (χ0n) is 18.3. The van der Waals surface area contributed by atoms with E-state index in [-0.39, 0.29) is 35.9 Å². The number of ether oxygens (including phenoxy) is 1. The van der Waals surface area contributed by atoms with E-state index in [2.05, 4.69) is 4.98 Å². The highest BCUT2D eigenvalue weighted by Crippen LogP contribution is 2.21. The van der Waals surface area contributed by atoms with E-state index in [9.17, 15) is 23.3 Å². The minimum absolute atomic E-state index is 0.0652. The average Bonchev–Trinajstić information content (AvgIpc) is 2.79. The molecule has 0 radical (unpaired) electrons. The van der Waals surface area contributed by atoms with Gasteiger partial charge in [0.25, 0.3) is 5.56 Å². The summed E-state index contributed by atoms with van der Waals surface area (Å²) >= 11 is 0. The van der Waals surface area contributed by atoms with Crippen LogP contribution in [-0.4, -0.2) is 61.8 Å². The van der Waals surface area contributed by atoms with Gasteiger partial charge in [-0.2, -0.15) is 9.57 Å². The number of nitrogens with one attached hydrogen (secondary N) is 1. The number of rotatable bonds is 6. The zero-order valence-corrected chi connectivity index (χ0v) is 19.2. The summed E-state index contributed by atoms with van der Waals surface area (Å²) in [5.41, 5.74) is 1.67. The molecule has 1 fully saturated rings. The van der Waals surface area contributed by atoms with E-state index < -0.39 is 15.6 Å². The minimum Gasteiger partial charge on any atom is -0.497 e. The summed E-state index contributed by atoms with van der Waals surface area (Å²) in [6.07, 6.45) is 0.607. The number of nitriles is 1. The van der Waals surface area contributed by atoms with Crippen LogP contribution in [0.2, 0.25) is 0 Å². The molecule has 0 spiro atoms. The van der Waals surface area contributed by atoms with Crippen molar-refractivity contribution in [3.63, 3.8) is 0 Å². The number of benzene rings is 1. The number of carbonyl (C=O) groups is 1. The lowest BCUT2D eigenvalue weighted by molar-refractivity contribution is -0.132. The Labute approximate surface area is 187 Å². The van der Waals surface area contributed by atoms with E-state index in [0.29, 0.717) is 36.5 Å². The van der Waals surface area contributed by atoms with Crippen LogP contribution in [0.4, 0.5) is 0 Å². The number of amides is 1. The molecule has 0 unspecified atom stereocenters. The fraction of sp³-hybridized carbons (Fsp3) is 0.409. The van der Waals surface area contributed by atoms with Crippen LogP contribution < -0.4 is 10.3 Å². The largest absolute Gasteiger partial charge is 0.497 e. The second kappa shape index (κ2) is 9.54. The van der Waals surface area contributed by atoms with Gasteiger partial charge >= 0.3 is 0 Å². The van der Waals surface area contributed by atoms with Gasteiger partial charge in [-0.1, -0.05) is 0 Å². The second-order valence-corrected chi connectivity index (χ2v) is 9.57. The van der Waals surface area contributed by atoms with Crippen molar-refractivity contribution in [3.05, 3.63) is 57.0 Å². The van der Waals surface area contributed by atoms with Crippen LogP contribution in [0.3, 0.4) is 0 Å². The molecule has 1 N–H and O–H groups in total. The minimum atomic E-state index is -3.64. The van der Waals surface area contributed by atoms with E-state index in [1.807, 2.05) is 6.07 Å². The van der Waals surface area contributed by atoms with Crippen LogP contribution >= 0.6 is 0 Å². The molecule has 32 heavy (non-hydrogen) atoms. The van der Waals surface area contributed by atoms with Crippen molar-refractivity contribution in [2.45, 2.75) is 31.6 Å². The molecule has 0 saturated carbocycles. The number of hydrogen-bond acceptors (Lipinski definition) is 6. The molecule has 1 aliphatic heterocycles. The summed E-state index contributed by atoms with van der Waals surface area (Å²) < 4.78 is 32.2. The van der Waals surface area contributed by atoms with Crippen LogP contribution in [0, 0.1) is 25.2 Å². The van der Waals surface area contributed by atoms with E-state index in [1.165, 1.54) is 23.5 Å². The van der Waals surface area contributed by atoms with Crippen molar-refractivity contribution in [3.8, 4) is 11.8 Å². The Bertz CT molecular complexity index is 1200. The highest BCUT2D eigenvalue weighted by Gasteiger charge is 2.30. The third-order valence-corrected chi connectivity index (χ3v) is 7.71. The molecule has 1 aromatic carbocycles. The first kappa shape index (κ1) is 23.5. The number of aromatic nitrogens is 1. The topological polar surface area (TPSA) is 124 Å². The van der Waals surface area contributed by atoms with Gasteiger partial charge in [0.2, 0.25) is 15.9 Å². The van der Waals surface area contributed by atoms with Gasteiger partial charge in [0.1, 0.15) is 17.4 Å². The highest BCUT2D eigenvalue weighted by atomic mass is 32.2. The number of methoxy groups -OCH3 is 1. The van der Waals surface area contributed by atoms with Crippen molar-refractivity contribution < 1.29 is 17.9 Å². The normalized spacial score (nSPS) is 14.8. The van der Waals surface area contributed by atoms with Crippen LogP contribution in [0.1, 0.15) is 28.8 Å². The van der Waals surface area contributed by atoms with Gasteiger partial charge in [-0.05, 0) is 55.7 Å². The number of aryl methyl sites for hydroxylation is 1. The van der Waals surface area contributed by atoms with E-state index >= 15 is 0 Å². The zero-order chi connectivity index (χ0) is 23.5. The first-order valence-corrected chi connectivity index (χ1v) is 11.7. The standard InChI is InChI=1S/C22H26N4O5S/c1-15-19(16(2)24-22(28)20(15)14-23)8-9-21(27)25-10-12-26(13-11-25)32(29,30)18-6-4-17(31-3)5-7-18/h4-7H,8-13H2,1-3H3,(H,24,28). The van der Waals surface area contributed by atoms with Gasteiger partial charge < -0.3 is 14.6 Å². The predicted octanol–water partition coefficient (Wildman–Crippen LogP) is 1.34. The lowest BCUT2D eigenvalue weighted by atomic mass is 9.99. The van der Waals surface area contributed by atoms with Crippen molar-refractivity contribution in [2.24, 2.45) is 0 Å². The Balaban J connectivity index is 1.61. The van der Waals surface area contributed by atoms with Gasteiger partial charge in [0, 0.05) is 38.3 Å². The fourth-order valence-corrected chi connectivity index (χ4v) is 5.31. The molecule has 1 amide bonds. The number of aromatic amines is 1. The van der Waals surface area contributed by atoms with Crippen molar-refractivity contribution in [2.75, 3.05) is 33.3 Å². The summed E-state index contributed by atoms with van der Waals surface area (Å²) in [5, 5.41) is 9.19. The Morgan fingerprint density at radius 1 is 1.16 bits per heavy atom. The Morgan fingerprint density at radius 3 is 2.34 bits per heavy atom. The van der Waals surface area contributed by atoms with E-state index in [1.54, 1.807) is 30.9 Å². The maximum Gasteiger partial charge on any atom is 0.266 e. The molecular formula is C22H26N4O5S. The number of H-pyrrole nitrogens is 1. The monoisotopic (exact) mass is 458 g/mol. The number of nitrogens with zero attached hydrogens (tertiary/aromatic N) is 3. The number of hydrogen-bond donors (Lipinski definition) is 1. The van der Waals surface area contributed by atoms with Gasteiger partial charge in [-0.15, -0.1) is 0 Å². The van der Waals surface area contributed by atoms with Crippen LogP contribution in [-0.2, 0) is 21.2 Å². The van der Waals surface area contributed by atoms with Crippen LogP contribution in [0.25, 0.3) is 0 Å². The molecule has 9 nitrogen and oxygen atoms in total. The third kappa shape index (κ3) is 4.69. The SMILES string of the molecule is COc1ccc(S(=O)(=O)N2CCN(C(=O)CCc3c(C)[nH]c(=O)c(C#N)c3C)CC2)cc1. The summed E-state index contributed by atoms with van der Waals surface area (Å²) in [7, 11) is -2.12. The Hall–Kier alpha value is -3.16. The van der Waals surface area contributed by atoms with E-state index in [0.717, 1.165) is 5.56 Å². The van der Waals surface area contributed by atoms with E-state index in [4.69, 9.17) is 4.74 Å². The summed E-state index contributed by atoms with van der Waals surface area (Å²) in [6, 6.07) is 8.14. The van der Waals surface area contributed by atoms with Gasteiger partial charge in [-0.25, -0.2) is 8.42 Å². The molecule has 1 saturated heterocycles. The molecule has 170 valence electrons. The highest BCUT2D eigenvalue weighted by molar-refractivity contribution is 7.89. The fourth-order valence-electron chi connectivity index (χ4n) is 3.88. The quantitative estimate of drug-likeness (QED) is 0.697. The van der Waals surface area contributed by atoms with Gasteiger partial charge in [0.15, 0.2) is 0 Å². The van der Waals surface area contributed by atoms with Gasteiger partial charge in [0.05, 0.1) is 12.0 Å². The Morgan fingerprint density at radius 2 is 1.78 bits per heavy atom. The summed E-state index contributed by atoms with van der Waals surface area (Å²) in [6.45, 7) is 4.51. The lowest BCUT2D eigenvalue weighted by Gasteiger charge is -2.34. The third-order valence-electron chi connectivity index (χ3n) is 5.80. The summed E-state index contributed by atoms with van der Waals surface area (Å²) in [4.78, 5) is 29.1. The average molecular weight is 459 g/mol. The molecule has 1 aliphatic rings. The second-order valence-electron chi connectivity index (χ2n) is 7.63. The number of piperazine rings is 1. The molecule has 0 aliphatic carbocycles. The molecular weight excluding hydrogens is 432 g/mol. The molecule has 10 heteroatoms. The smallest absolute Gasteiger partial charge is 0.266 e. The number of pyridine rings is 1. The molecule has 3 rings (SSSR count). The maximum absolute atomic E-state index is 12.9. The number of carbonyl (C=O) groups excluding carboxylic acids is 1. The summed E-state index contributed by atoms with van der Waals surface area (Å²) in [5.74, 6) is 0.490. The lowest BCUT2D eigenvalue weighted by Crippen LogP contribution is -2.50. The molecule has 0 bridgehead atoms. The van der Waals surface area contributed by atoms with Crippen molar-refractivity contribution in [1.82, 2.24) is 14.2 Å². The first-order valence-electron chi connectivity index (χ1n) is 10.2. The van der Waals surface area contributed by atoms with Crippen LogP contribution in [0.5, 0.6) is 5.75 Å². The van der Waals surface area contributed by atoms with Crippen molar-refractivity contribution >= 4 is 15.9 Å². The maximum atomic E-state index is 12.9. The van der Waals surface area contributed by atoms with Crippen molar-refractivity contribution in [1.29, 1.82) is 5.26 Å².